The molecule has 3 nitrogen and oxygen atoms in total. The zero-order valence-corrected chi connectivity index (χ0v) is 13.1. The summed E-state index contributed by atoms with van der Waals surface area (Å²) in [6.07, 6.45) is 11.3. The first-order chi connectivity index (χ1) is 9.46. The van der Waals surface area contributed by atoms with Gasteiger partial charge < -0.3 is 5.11 Å². The van der Waals surface area contributed by atoms with Crippen LogP contribution in [0, 0.1) is 5.41 Å². The molecule has 0 spiro atoms. The van der Waals surface area contributed by atoms with Gasteiger partial charge in [0.1, 0.15) is 0 Å². The van der Waals surface area contributed by atoms with E-state index in [1.165, 1.54) is 38.2 Å². The molecule has 0 aromatic carbocycles. The van der Waals surface area contributed by atoms with Crippen molar-refractivity contribution in [2.75, 3.05) is 0 Å². The zero-order valence-electron chi connectivity index (χ0n) is 13.1. The Morgan fingerprint density at radius 2 is 1.55 bits per heavy atom. The van der Waals surface area contributed by atoms with Crippen LogP contribution < -0.4 is 0 Å². The molecule has 1 atom stereocenters. The highest BCUT2D eigenvalue weighted by atomic mass is 16.4. The average molecular weight is 282 g/mol. The first kappa shape index (κ1) is 18.9. The predicted molar refractivity (Wildman–Crippen MR) is 82.8 cm³/mol. The summed E-state index contributed by atoms with van der Waals surface area (Å²) in [6.45, 7) is 7.28. The lowest BCUT2D eigenvalue weighted by atomic mass is 9.80. The maximum absolute atomic E-state index is 11.4. The molecular weight excluding hydrogens is 252 g/mol. The maximum atomic E-state index is 11.4. The summed E-state index contributed by atoms with van der Waals surface area (Å²) in [4.78, 5) is 22.7. The minimum atomic E-state index is -0.937. The molecule has 1 N–H and O–H groups in total. The Morgan fingerprint density at radius 1 is 1.05 bits per heavy atom. The van der Waals surface area contributed by atoms with Gasteiger partial charge in [0.2, 0.25) is 0 Å². The fourth-order valence-corrected chi connectivity index (χ4v) is 2.38. The van der Waals surface area contributed by atoms with Gasteiger partial charge in [-0.2, -0.15) is 0 Å². The average Bonchev–Trinajstić information content (AvgIpc) is 2.41. The van der Waals surface area contributed by atoms with Crippen molar-refractivity contribution in [1.29, 1.82) is 0 Å². The molecule has 0 aliphatic heterocycles. The molecule has 0 rings (SSSR count). The summed E-state index contributed by atoms with van der Waals surface area (Å²) in [5.41, 5.74) is -0.937. The molecule has 0 saturated heterocycles. The van der Waals surface area contributed by atoms with Gasteiger partial charge in [0, 0.05) is 6.42 Å². The normalized spacial score (nSPS) is 13.7. The molecule has 0 heterocycles. The van der Waals surface area contributed by atoms with Crippen molar-refractivity contribution in [1.82, 2.24) is 0 Å². The van der Waals surface area contributed by atoms with Gasteiger partial charge in [-0.3, -0.25) is 9.59 Å². The second kappa shape index (κ2) is 10.6. The molecule has 0 aliphatic rings. The number of allylic oxidation sites excluding steroid dienone is 1. The van der Waals surface area contributed by atoms with Crippen LogP contribution in [0.3, 0.4) is 0 Å². The number of aliphatic carboxylic acids is 1. The van der Waals surface area contributed by atoms with Gasteiger partial charge in [-0.1, -0.05) is 64.9 Å². The van der Waals surface area contributed by atoms with E-state index in [0.717, 1.165) is 19.3 Å². The summed E-state index contributed by atoms with van der Waals surface area (Å²) < 4.78 is 0. The van der Waals surface area contributed by atoms with Gasteiger partial charge in [-0.05, 0) is 19.4 Å². The minimum absolute atomic E-state index is 0.0579. The summed E-state index contributed by atoms with van der Waals surface area (Å²) in [7, 11) is 0. The van der Waals surface area contributed by atoms with Gasteiger partial charge in [0.15, 0.2) is 5.78 Å². The van der Waals surface area contributed by atoms with E-state index in [-0.39, 0.29) is 12.2 Å². The summed E-state index contributed by atoms with van der Waals surface area (Å²) in [6, 6.07) is 0. The molecule has 0 amide bonds. The van der Waals surface area contributed by atoms with Gasteiger partial charge >= 0.3 is 5.97 Å². The molecule has 0 fully saturated rings. The number of carboxylic acids is 1. The van der Waals surface area contributed by atoms with Gasteiger partial charge in [0.25, 0.3) is 0 Å². The van der Waals surface area contributed by atoms with E-state index in [1.54, 1.807) is 6.92 Å². The number of ketones is 1. The van der Waals surface area contributed by atoms with Crippen LogP contribution in [-0.4, -0.2) is 16.9 Å². The van der Waals surface area contributed by atoms with Gasteiger partial charge in [-0.15, -0.1) is 0 Å². The Morgan fingerprint density at radius 3 is 2.00 bits per heavy atom. The van der Waals surface area contributed by atoms with Crippen LogP contribution in [-0.2, 0) is 9.59 Å². The van der Waals surface area contributed by atoms with Crippen LogP contribution in [0.1, 0.15) is 78.1 Å². The third-order valence-electron chi connectivity index (χ3n) is 3.89. The number of hydrogen-bond acceptors (Lipinski definition) is 2. The van der Waals surface area contributed by atoms with Crippen LogP contribution in [0.25, 0.3) is 0 Å². The molecular formula is C17H30O3. The lowest BCUT2D eigenvalue weighted by Crippen LogP contribution is -2.30. The fourth-order valence-electron chi connectivity index (χ4n) is 2.38. The van der Waals surface area contributed by atoms with Crippen molar-refractivity contribution in [3.63, 3.8) is 0 Å². The molecule has 0 aromatic rings. The second-order valence-electron chi connectivity index (χ2n) is 5.94. The molecule has 0 bridgehead atoms. The van der Waals surface area contributed by atoms with Gasteiger partial charge in [0.05, 0.1) is 5.41 Å². The second-order valence-corrected chi connectivity index (χ2v) is 5.94. The zero-order chi connectivity index (χ0) is 15.4. The molecule has 0 saturated carbocycles. The van der Waals surface area contributed by atoms with Crippen LogP contribution in [0.4, 0.5) is 0 Å². The Labute approximate surface area is 123 Å². The number of rotatable bonds is 13. The molecule has 20 heavy (non-hydrogen) atoms. The third-order valence-corrected chi connectivity index (χ3v) is 3.89. The maximum Gasteiger partial charge on any atom is 0.309 e. The van der Waals surface area contributed by atoms with Crippen molar-refractivity contribution in [3.8, 4) is 0 Å². The van der Waals surface area contributed by atoms with Crippen LogP contribution in [0.5, 0.6) is 0 Å². The monoisotopic (exact) mass is 282 g/mol. The van der Waals surface area contributed by atoms with Crippen molar-refractivity contribution >= 4 is 11.8 Å². The van der Waals surface area contributed by atoms with Crippen LogP contribution in [0.15, 0.2) is 12.7 Å². The molecule has 0 aromatic heterocycles. The van der Waals surface area contributed by atoms with Crippen molar-refractivity contribution < 1.29 is 14.7 Å². The lowest BCUT2D eigenvalue weighted by Gasteiger charge is -2.23. The Balaban J connectivity index is 3.90. The molecule has 0 radical (unpaired) electrons. The quantitative estimate of drug-likeness (QED) is 0.391. The summed E-state index contributed by atoms with van der Waals surface area (Å²) in [5, 5.41) is 9.29. The minimum Gasteiger partial charge on any atom is -0.481 e. The number of carbonyl (C=O) groups is 2. The highest BCUT2D eigenvalue weighted by Gasteiger charge is 2.34. The van der Waals surface area contributed by atoms with Crippen molar-refractivity contribution in [2.45, 2.75) is 78.1 Å². The number of hydrogen-bond donors (Lipinski definition) is 1. The van der Waals surface area contributed by atoms with Crippen LogP contribution in [0.2, 0.25) is 0 Å². The first-order valence-electron chi connectivity index (χ1n) is 7.85. The Hall–Kier alpha value is -1.12. The van der Waals surface area contributed by atoms with E-state index < -0.39 is 11.4 Å². The summed E-state index contributed by atoms with van der Waals surface area (Å²) >= 11 is 0. The number of carboxylic acid groups (broad SMARTS) is 1. The van der Waals surface area contributed by atoms with E-state index in [0.29, 0.717) is 6.42 Å². The Kier molecular flexibility index (Phi) is 10.0. The van der Waals surface area contributed by atoms with Crippen LogP contribution >= 0.6 is 0 Å². The van der Waals surface area contributed by atoms with E-state index in [2.05, 4.69) is 13.5 Å². The molecule has 1 unspecified atom stereocenters. The topological polar surface area (TPSA) is 54.4 Å². The standard InChI is InChI=1S/C17H30O3/c1-4-6-7-8-9-10-11-12-13-17(3,16(19)20)14-15(18)5-2/h5H,2,4,6-14H2,1,3H3,(H,19,20). The van der Waals surface area contributed by atoms with Crippen molar-refractivity contribution in [2.24, 2.45) is 5.41 Å². The van der Waals surface area contributed by atoms with E-state index in [4.69, 9.17) is 0 Å². The first-order valence-corrected chi connectivity index (χ1v) is 7.85. The smallest absolute Gasteiger partial charge is 0.309 e. The number of unbranched alkanes of at least 4 members (excludes halogenated alkanes) is 7. The van der Waals surface area contributed by atoms with E-state index >= 15 is 0 Å². The van der Waals surface area contributed by atoms with E-state index in [9.17, 15) is 14.7 Å². The lowest BCUT2D eigenvalue weighted by molar-refractivity contribution is -0.150. The highest BCUT2D eigenvalue weighted by Crippen LogP contribution is 2.29. The fraction of sp³-hybridized carbons (Fsp3) is 0.765. The third kappa shape index (κ3) is 8.13. The van der Waals surface area contributed by atoms with Gasteiger partial charge in [-0.25, -0.2) is 0 Å². The predicted octanol–water partition coefficient (Wildman–Crippen LogP) is 4.75. The van der Waals surface area contributed by atoms with E-state index in [1.807, 2.05) is 0 Å². The Bertz CT molecular complexity index is 309. The SMILES string of the molecule is C=CC(=O)CC(C)(CCCCCCCCCC)C(=O)O. The molecule has 0 aliphatic carbocycles. The highest BCUT2D eigenvalue weighted by molar-refractivity contribution is 5.93. The number of carbonyl (C=O) groups excluding carboxylic acids is 1. The van der Waals surface area contributed by atoms with Crippen molar-refractivity contribution in [3.05, 3.63) is 12.7 Å². The molecule has 3 heteroatoms. The molecule has 116 valence electrons. The summed E-state index contributed by atoms with van der Waals surface area (Å²) in [5.74, 6) is -1.06. The largest absolute Gasteiger partial charge is 0.481 e.